The summed E-state index contributed by atoms with van der Waals surface area (Å²) in [5, 5.41) is 13.6. The van der Waals surface area contributed by atoms with E-state index in [2.05, 4.69) is 35.8 Å². The Labute approximate surface area is 391 Å². The molecule has 0 saturated heterocycles. The Morgan fingerprint density at radius 2 is 1.21 bits per heavy atom. The third-order valence-corrected chi connectivity index (χ3v) is 12.5. The highest BCUT2D eigenvalue weighted by Crippen LogP contribution is 2.46. The summed E-state index contributed by atoms with van der Waals surface area (Å²) in [6, 6.07) is 17.6. The number of aromatic nitrogens is 5. The van der Waals surface area contributed by atoms with E-state index in [0.29, 0.717) is 104 Å². The van der Waals surface area contributed by atoms with Crippen molar-refractivity contribution in [3.63, 3.8) is 0 Å². The molecule has 68 heavy (non-hydrogen) atoms. The normalized spacial score (nSPS) is 14.2. The Bertz CT molecular complexity index is 3540. The van der Waals surface area contributed by atoms with Crippen molar-refractivity contribution in [2.45, 2.75) is 46.5 Å². The van der Waals surface area contributed by atoms with Crippen LogP contribution >= 0.6 is 12.2 Å². The number of H-pyrrole nitrogens is 1. The summed E-state index contributed by atoms with van der Waals surface area (Å²) in [5.74, 6) is 2.93. The smallest absolute Gasteiger partial charge is 0.196 e. The average molecular weight is 938 g/mol. The standard InChI is InChI=1S/C19H15FN4O2.C19H15FN2O3S.C12H11NO3/c1-9-21-17-12-7-14-16(13(12)8-15(25-2)18(17)26-9)23-24-19(14)22-11-5-3-4-10(20)6-11;1-9-21-16-12-7-14(19(26)22-11-5-3-4-10(20)6-11)17(23)13(12)8-15(24-2)18(16)25-9;1-6-13-11-7-3-4-9(14)8(7)5-10(15-2)12(11)16-6/h3-6,8H,7H2,1-2H3,(H2,22,23,24);3-6,8,14H,7H2,1-2H3,(H,22,26);5H,3-4H2,1-2H3. The van der Waals surface area contributed by atoms with Crippen molar-refractivity contribution in [3.05, 3.63) is 129 Å². The van der Waals surface area contributed by atoms with E-state index in [9.17, 15) is 18.4 Å². The van der Waals surface area contributed by atoms with E-state index in [1.165, 1.54) is 31.4 Å². The number of Topliss-reactive ketones (excluding diaryl/α,β-unsaturated/α-hetero) is 2. The molecular weight excluding hydrogens is 897 g/mol. The predicted molar refractivity (Wildman–Crippen MR) is 253 cm³/mol. The monoisotopic (exact) mass is 937 g/mol. The zero-order chi connectivity index (χ0) is 47.5. The molecule has 4 heterocycles. The van der Waals surface area contributed by atoms with Gasteiger partial charge in [0.1, 0.15) is 28.2 Å². The summed E-state index contributed by atoms with van der Waals surface area (Å²) in [6.45, 7) is 5.36. The molecule has 15 nitrogen and oxygen atoms in total. The number of halogens is 2. The second-order valence-corrected chi connectivity index (χ2v) is 16.8. The molecule has 344 valence electrons. The van der Waals surface area contributed by atoms with Crippen LogP contribution in [0, 0.1) is 38.3 Å². The van der Waals surface area contributed by atoms with Crippen LogP contribution in [0.5, 0.6) is 17.2 Å². The Morgan fingerprint density at radius 1 is 0.676 bits per heavy atom. The maximum Gasteiger partial charge on any atom is 0.196 e. The molecule has 0 fully saturated rings. The third-order valence-electron chi connectivity index (χ3n) is 12.1. The van der Waals surface area contributed by atoms with Crippen molar-refractivity contribution >= 4 is 79.3 Å². The minimum absolute atomic E-state index is 0.102. The first-order chi connectivity index (χ1) is 32.8. The van der Waals surface area contributed by atoms with Gasteiger partial charge in [-0.3, -0.25) is 14.7 Å². The van der Waals surface area contributed by atoms with Crippen molar-refractivity contribution in [2.24, 2.45) is 5.92 Å². The van der Waals surface area contributed by atoms with Crippen LogP contribution in [-0.2, 0) is 19.3 Å². The Hall–Kier alpha value is -7.99. The largest absolute Gasteiger partial charge is 0.493 e. The van der Waals surface area contributed by atoms with Crippen molar-refractivity contribution in [2.75, 3.05) is 32.0 Å². The second-order valence-electron chi connectivity index (χ2n) is 16.3. The van der Waals surface area contributed by atoms with Gasteiger partial charge in [-0.05, 0) is 84.1 Å². The quantitative estimate of drug-likeness (QED) is 0.128. The van der Waals surface area contributed by atoms with Crippen LogP contribution in [0.2, 0.25) is 0 Å². The van der Waals surface area contributed by atoms with Crippen molar-refractivity contribution in [1.82, 2.24) is 25.1 Å². The van der Waals surface area contributed by atoms with Gasteiger partial charge < -0.3 is 38.1 Å². The molecular formula is C50H41F2N7O8S. The number of benzene rings is 5. The van der Waals surface area contributed by atoms with Crippen LogP contribution in [0.1, 0.15) is 67.1 Å². The molecule has 0 saturated carbocycles. The summed E-state index contributed by atoms with van der Waals surface area (Å²) >= 11 is 5.42. The number of aromatic amines is 1. The Balaban J connectivity index is 0.000000123. The fourth-order valence-corrected chi connectivity index (χ4v) is 9.33. The SMILES string of the molecule is COc1cc2c(c3nc(C)oc13)CC(C(=S)Nc1cccc(F)c1)C2=O.COc1cc2c(c3nc(C)oc13)CCC2=O.COc1cc2c(c3nc(C)oc13)Cc1c(Nc3cccc(F)c3)n[nH]c1-2. The summed E-state index contributed by atoms with van der Waals surface area (Å²) < 4.78 is 59.7. The van der Waals surface area contributed by atoms with Gasteiger partial charge in [0.2, 0.25) is 0 Å². The van der Waals surface area contributed by atoms with E-state index in [4.69, 9.17) is 39.7 Å². The fourth-order valence-electron chi connectivity index (χ4n) is 9.02. The number of nitrogens with one attached hydrogen (secondary N) is 3. The average Bonchev–Trinajstić information content (AvgIpc) is 4.19. The number of rotatable bonds is 7. The molecule has 18 heteroatoms. The molecule has 5 aromatic carbocycles. The number of ether oxygens (including phenoxy) is 3. The van der Waals surface area contributed by atoms with Gasteiger partial charge >= 0.3 is 0 Å². The van der Waals surface area contributed by atoms with Crippen LogP contribution in [0.15, 0.2) is 80.0 Å². The Kier molecular flexibility index (Phi) is 11.2. The van der Waals surface area contributed by atoms with E-state index in [0.717, 1.165) is 56.5 Å². The highest BCUT2D eigenvalue weighted by molar-refractivity contribution is 7.80. The molecule has 0 spiro atoms. The number of oxazole rings is 3. The van der Waals surface area contributed by atoms with E-state index >= 15 is 0 Å². The molecule has 0 amide bonds. The van der Waals surface area contributed by atoms with Gasteiger partial charge in [0.25, 0.3) is 0 Å². The van der Waals surface area contributed by atoms with Crippen molar-refractivity contribution in [3.8, 4) is 28.5 Å². The lowest BCUT2D eigenvalue weighted by Crippen LogP contribution is -2.25. The van der Waals surface area contributed by atoms with Crippen molar-refractivity contribution in [1.29, 1.82) is 0 Å². The predicted octanol–water partition coefficient (Wildman–Crippen LogP) is 10.7. The summed E-state index contributed by atoms with van der Waals surface area (Å²) in [4.78, 5) is 38.2. The highest BCUT2D eigenvalue weighted by Gasteiger charge is 2.37. The number of ketones is 2. The maximum absolute atomic E-state index is 13.4. The number of nitrogens with zero attached hydrogens (tertiary/aromatic N) is 4. The first-order valence-electron chi connectivity index (χ1n) is 21.5. The molecule has 3 aliphatic carbocycles. The molecule has 4 aromatic heterocycles. The summed E-state index contributed by atoms with van der Waals surface area (Å²) in [6.07, 6.45) is 2.39. The minimum Gasteiger partial charge on any atom is -0.493 e. The maximum atomic E-state index is 13.4. The van der Waals surface area contributed by atoms with Crippen LogP contribution < -0.4 is 24.8 Å². The molecule has 3 N–H and O–H groups in total. The van der Waals surface area contributed by atoms with E-state index in [1.54, 1.807) is 64.5 Å². The molecule has 9 aromatic rings. The zero-order valence-electron chi connectivity index (χ0n) is 37.5. The lowest BCUT2D eigenvalue weighted by Gasteiger charge is -2.12. The number of fused-ring (bicyclic) bond motifs is 11. The number of hydrogen-bond acceptors (Lipinski definition) is 14. The molecule has 1 atom stereocenters. The molecule has 1 unspecified atom stereocenters. The van der Waals surface area contributed by atoms with Gasteiger partial charge in [-0.25, -0.2) is 23.7 Å². The lowest BCUT2D eigenvalue weighted by molar-refractivity contribution is 0.0966. The van der Waals surface area contributed by atoms with Crippen LogP contribution in [-0.4, -0.2) is 63.0 Å². The lowest BCUT2D eigenvalue weighted by atomic mass is 10.1. The number of carbonyl (C=O) groups excluding carboxylic acids is 2. The minimum atomic E-state index is -0.532. The number of methoxy groups -OCH3 is 3. The van der Waals surface area contributed by atoms with Gasteiger partial charge in [-0.15, -0.1) is 0 Å². The number of thiocarbonyl (C=S) groups is 1. The van der Waals surface area contributed by atoms with E-state index in [-0.39, 0.29) is 23.2 Å². The molecule has 0 radical (unpaired) electrons. The third kappa shape index (κ3) is 7.75. The number of hydrogen-bond donors (Lipinski definition) is 3. The number of anilines is 3. The van der Waals surface area contributed by atoms with Gasteiger partial charge in [0.15, 0.2) is 69.1 Å². The second kappa shape index (κ2) is 17.3. The molecule has 3 aliphatic rings. The van der Waals surface area contributed by atoms with Gasteiger partial charge in [-0.1, -0.05) is 24.4 Å². The van der Waals surface area contributed by atoms with E-state index in [1.807, 2.05) is 13.0 Å². The van der Waals surface area contributed by atoms with E-state index < -0.39 is 5.92 Å². The number of carbonyl (C=O) groups is 2. The van der Waals surface area contributed by atoms with Gasteiger partial charge in [0, 0.05) is 67.2 Å². The van der Waals surface area contributed by atoms with Crippen LogP contribution in [0.3, 0.4) is 0 Å². The van der Waals surface area contributed by atoms with Gasteiger partial charge in [-0.2, -0.15) is 5.10 Å². The van der Waals surface area contributed by atoms with Crippen molar-refractivity contribution < 1.29 is 45.8 Å². The first kappa shape index (κ1) is 43.9. The number of aryl methyl sites for hydroxylation is 4. The van der Waals surface area contributed by atoms with Crippen LogP contribution in [0.25, 0.3) is 44.6 Å². The first-order valence-corrected chi connectivity index (χ1v) is 21.9. The Morgan fingerprint density at radius 3 is 1.79 bits per heavy atom. The fraction of sp³-hybridized carbons (Fsp3) is 0.220. The molecule has 0 bridgehead atoms. The highest BCUT2D eigenvalue weighted by atomic mass is 32.1. The molecule has 0 aliphatic heterocycles. The molecule has 12 rings (SSSR count). The topological polar surface area (TPSA) is 193 Å². The van der Waals surface area contributed by atoms with Gasteiger partial charge in [0.05, 0.1) is 37.9 Å². The summed E-state index contributed by atoms with van der Waals surface area (Å²) in [5.41, 5.74) is 12.3. The zero-order valence-corrected chi connectivity index (χ0v) is 38.3. The van der Waals surface area contributed by atoms with Crippen LogP contribution in [0.4, 0.5) is 26.0 Å². The summed E-state index contributed by atoms with van der Waals surface area (Å²) in [7, 11) is 4.70.